The Morgan fingerprint density at radius 3 is 2.71 bits per heavy atom. The fourth-order valence-corrected chi connectivity index (χ4v) is 1.30. The van der Waals surface area contributed by atoms with E-state index < -0.39 is 11.8 Å². The second-order valence-electron chi connectivity index (χ2n) is 3.25. The lowest BCUT2D eigenvalue weighted by Crippen LogP contribution is -2.13. The number of nitrogens with one attached hydrogen (secondary N) is 1. The van der Waals surface area contributed by atoms with Gasteiger partial charge in [-0.2, -0.15) is 0 Å². The van der Waals surface area contributed by atoms with Gasteiger partial charge in [0.05, 0.1) is 18.6 Å². The van der Waals surface area contributed by atoms with Crippen LogP contribution in [0.15, 0.2) is 18.2 Å². The van der Waals surface area contributed by atoms with Gasteiger partial charge >= 0.3 is 5.97 Å². The van der Waals surface area contributed by atoms with E-state index >= 15 is 0 Å². The van der Waals surface area contributed by atoms with Crippen LogP contribution >= 0.6 is 11.6 Å². The maximum absolute atomic E-state index is 12.8. The van der Waals surface area contributed by atoms with Gasteiger partial charge in [-0.3, -0.25) is 9.59 Å². The second-order valence-corrected chi connectivity index (χ2v) is 3.66. The first kappa shape index (κ1) is 13.4. The first-order chi connectivity index (χ1) is 8.02. The number of amides is 1. The van der Waals surface area contributed by atoms with Crippen LogP contribution in [-0.2, 0) is 14.3 Å². The van der Waals surface area contributed by atoms with Crippen LogP contribution < -0.4 is 5.32 Å². The fraction of sp³-hybridized carbons (Fsp3) is 0.273. The molecule has 0 aliphatic heterocycles. The summed E-state index contributed by atoms with van der Waals surface area (Å²) in [5.74, 6) is -1.38. The molecule has 1 aromatic rings. The average Bonchev–Trinajstić information content (AvgIpc) is 2.31. The number of carbonyl (C=O) groups is 2. The van der Waals surface area contributed by atoms with Gasteiger partial charge in [0.15, 0.2) is 0 Å². The highest BCUT2D eigenvalue weighted by Gasteiger charge is 2.08. The molecule has 0 unspecified atom stereocenters. The molecule has 1 amide bonds. The van der Waals surface area contributed by atoms with Gasteiger partial charge in [0.2, 0.25) is 5.91 Å². The van der Waals surface area contributed by atoms with Crippen LogP contribution in [0, 0.1) is 5.82 Å². The number of hydrogen-bond acceptors (Lipinski definition) is 3. The molecule has 1 aromatic carbocycles. The lowest BCUT2D eigenvalue weighted by atomic mass is 10.2. The molecule has 0 saturated carbocycles. The summed E-state index contributed by atoms with van der Waals surface area (Å²) in [7, 11) is 1.25. The highest BCUT2D eigenvalue weighted by atomic mass is 35.5. The molecule has 17 heavy (non-hydrogen) atoms. The second kappa shape index (κ2) is 6.20. The van der Waals surface area contributed by atoms with E-state index in [1.165, 1.54) is 19.2 Å². The van der Waals surface area contributed by atoms with Crippen molar-refractivity contribution in [3.8, 4) is 0 Å². The Balaban J connectivity index is 2.50. The fourth-order valence-electron chi connectivity index (χ4n) is 1.12. The maximum Gasteiger partial charge on any atom is 0.306 e. The smallest absolute Gasteiger partial charge is 0.306 e. The van der Waals surface area contributed by atoms with Crippen LogP contribution in [-0.4, -0.2) is 19.0 Å². The van der Waals surface area contributed by atoms with Crippen LogP contribution in [0.5, 0.6) is 0 Å². The van der Waals surface area contributed by atoms with Crippen LogP contribution in [0.1, 0.15) is 12.8 Å². The molecule has 0 fully saturated rings. The first-order valence-corrected chi connectivity index (χ1v) is 5.22. The molecule has 1 rings (SSSR count). The molecule has 0 atom stereocenters. The van der Waals surface area contributed by atoms with Gasteiger partial charge in [-0.25, -0.2) is 4.39 Å². The number of ether oxygens (including phenoxy) is 1. The van der Waals surface area contributed by atoms with Gasteiger partial charge in [-0.05, 0) is 18.2 Å². The molecule has 0 saturated heterocycles. The van der Waals surface area contributed by atoms with Crippen LogP contribution in [0.3, 0.4) is 0 Å². The topological polar surface area (TPSA) is 55.4 Å². The van der Waals surface area contributed by atoms with Crippen LogP contribution in [0.4, 0.5) is 10.1 Å². The number of methoxy groups -OCH3 is 1. The summed E-state index contributed by atoms with van der Waals surface area (Å²) in [5, 5.41) is 2.42. The van der Waals surface area contributed by atoms with Crippen molar-refractivity contribution < 1.29 is 18.7 Å². The number of hydrogen-bond donors (Lipinski definition) is 1. The molecular weight excluding hydrogens is 249 g/mol. The summed E-state index contributed by atoms with van der Waals surface area (Å²) in [6.45, 7) is 0. The van der Waals surface area contributed by atoms with E-state index in [2.05, 4.69) is 10.1 Å². The Hall–Kier alpha value is -1.62. The highest BCUT2D eigenvalue weighted by Crippen LogP contribution is 2.19. The van der Waals surface area contributed by atoms with Gasteiger partial charge < -0.3 is 10.1 Å². The van der Waals surface area contributed by atoms with Crippen LogP contribution in [0.25, 0.3) is 0 Å². The molecular formula is C11H11ClFNO3. The van der Waals surface area contributed by atoms with E-state index in [-0.39, 0.29) is 23.8 Å². The Morgan fingerprint density at radius 1 is 1.41 bits per heavy atom. The molecule has 0 radical (unpaired) electrons. The number of anilines is 1. The molecule has 4 nitrogen and oxygen atoms in total. The normalized spacial score (nSPS) is 9.82. The zero-order valence-corrected chi connectivity index (χ0v) is 9.88. The Bertz CT molecular complexity index is 437. The minimum absolute atomic E-state index is 0.00166. The van der Waals surface area contributed by atoms with E-state index in [1.807, 2.05) is 0 Å². The molecule has 0 aliphatic rings. The summed E-state index contributed by atoms with van der Waals surface area (Å²) < 4.78 is 17.2. The number of rotatable bonds is 4. The number of esters is 1. The number of benzene rings is 1. The molecule has 0 aromatic heterocycles. The van der Waals surface area contributed by atoms with Crippen molar-refractivity contribution in [2.75, 3.05) is 12.4 Å². The number of halogens is 2. The molecule has 0 aliphatic carbocycles. The van der Waals surface area contributed by atoms with Gasteiger partial charge in [-0.1, -0.05) is 11.6 Å². The Kier molecular flexibility index (Phi) is 4.90. The summed E-state index contributed by atoms with van der Waals surface area (Å²) in [5.41, 5.74) is 0.381. The SMILES string of the molecule is COC(=O)CCC(=O)Nc1ccc(F)c(Cl)c1. The molecule has 92 valence electrons. The lowest BCUT2D eigenvalue weighted by Gasteiger charge is -2.05. The van der Waals surface area contributed by atoms with Crippen molar-refractivity contribution in [1.29, 1.82) is 0 Å². The van der Waals surface area contributed by atoms with Gasteiger partial charge in [0.1, 0.15) is 5.82 Å². The van der Waals surface area contributed by atoms with E-state index in [0.717, 1.165) is 6.07 Å². The summed E-state index contributed by atoms with van der Waals surface area (Å²) in [4.78, 5) is 22.2. The summed E-state index contributed by atoms with van der Waals surface area (Å²) in [6.07, 6.45) is -0.00106. The molecule has 0 heterocycles. The van der Waals surface area contributed by atoms with Crippen LogP contribution in [0.2, 0.25) is 5.02 Å². The maximum atomic E-state index is 12.8. The Morgan fingerprint density at radius 2 is 2.12 bits per heavy atom. The Labute approximate surface area is 103 Å². The van der Waals surface area contributed by atoms with Gasteiger partial charge in [0.25, 0.3) is 0 Å². The first-order valence-electron chi connectivity index (χ1n) is 4.84. The van der Waals surface area contributed by atoms with Crippen molar-refractivity contribution >= 4 is 29.2 Å². The quantitative estimate of drug-likeness (QED) is 0.845. The van der Waals surface area contributed by atoms with Crippen molar-refractivity contribution in [1.82, 2.24) is 0 Å². The standard InChI is InChI=1S/C11H11ClFNO3/c1-17-11(16)5-4-10(15)14-7-2-3-9(13)8(12)6-7/h2-3,6H,4-5H2,1H3,(H,14,15). The molecule has 0 bridgehead atoms. The molecule has 1 N–H and O–H groups in total. The number of carbonyl (C=O) groups excluding carboxylic acids is 2. The zero-order valence-electron chi connectivity index (χ0n) is 9.13. The average molecular weight is 260 g/mol. The van der Waals surface area contributed by atoms with E-state index in [1.54, 1.807) is 0 Å². The minimum Gasteiger partial charge on any atom is -0.469 e. The van der Waals surface area contributed by atoms with Crippen molar-refractivity contribution in [2.45, 2.75) is 12.8 Å². The molecule has 0 spiro atoms. The van der Waals surface area contributed by atoms with Crippen molar-refractivity contribution in [3.63, 3.8) is 0 Å². The monoisotopic (exact) mass is 259 g/mol. The minimum atomic E-state index is -0.556. The van der Waals surface area contributed by atoms with Gasteiger partial charge in [0, 0.05) is 12.1 Å². The van der Waals surface area contributed by atoms with Crippen molar-refractivity contribution in [2.24, 2.45) is 0 Å². The van der Waals surface area contributed by atoms with Crippen molar-refractivity contribution in [3.05, 3.63) is 29.0 Å². The summed E-state index contributed by atoms with van der Waals surface area (Å²) in [6, 6.07) is 3.84. The van der Waals surface area contributed by atoms with E-state index in [9.17, 15) is 14.0 Å². The summed E-state index contributed by atoms with van der Waals surface area (Å²) >= 11 is 5.55. The largest absolute Gasteiger partial charge is 0.469 e. The molecule has 6 heteroatoms. The third-order valence-electron chi connectivity index (χ3n) is 1.99. The van der Waals surface area contributed by atoms with Gasteiger partial charge in [-0.15, -0.1) is 0 Å². The van der Waals surface area contributed by atoms with E-state index in [0.29, 0.717) is 5.69 Å². The predicted octanol–water partition coefficient (Wildman–Crippen LogP) is 2.37. The zero-order chi connectivity index (χ0) is 12.8. The predicted molar refractivity (Wildman–Crippen MR) is 61.3 cm³/mol. The third kappa shape index (κ3) is 4.40. The highest BCUT2D eigenvalue weighted by molar-refractivity contribution is 6.31. The third-order valence-corrected chi connectivity index (χ3v) is 2.28. The lowest BCUT2D eigenvalue weighted by molar-refractivity contribution is -0.141. The van der Waals surface area contributed by atoms with E-state index in [4.69, 9.17) is 11.6 Å².